The highest BCUT2D eigenvalue weighted by Gasteiger charge is 2.26. The maximum Gasteiger partial charge on any atom is 0.214 e. The van der Waals surface area contributed by atoms with Gasteiger partial charge in [-0.25, -0.2) is 8.42 Å². The largest absolute Gasteiger partial charge is 0.376 e. The van der Waals surface area contributed by atoms with Crippen LogP contribution in [-0.4, -0.2) is 44.3 Å². The zero-order valence-electron chi connectivity index (χ0n) is 8.19. The van der Waals surface area contributed by atoms with Gasteiger partial charge in [-0.05, 0) is 13.3 Å². The Kier molecular flexibility index (Phi) is 3.70. The van der Waals surface area contributed by atoms with Crippen LogP contribution in [0, 0.1) is 0 Å². The van der Waals surface area contributed by atoms with E-state index in [0.29, 0.717) is 26.1 Å². The third-order valence-corrected chi connectivity index (χ3v) is 4.10. The molecule has 0 radical (unpaired) electrons. The van der Waals surface area contributed by atoms with Crippen molar-refractivity contribution in [1.82, 2.24) is 4.31 Å². The molecule has 1 rings (SSSR count). The van der Waals surface area contributed by atoms with Gasteiger partial charge in [0.05, 0.1) is 18.5 Å². The molecule has 1 aliphatic rings. The molecule has 0 aromatic heterocycles. The predicted octanol–water partition coefficient (Wildman–Crippen LogP) is 0.447. The molecule has 1 fully saturated rings. The zero-order valence-corrected chi connectivity index (χ0v) is 9.01. The molecule has 1 saturated heterocycles. The number of hydrogen-bond acceptors (Lipinski definition) is 3. The second-order valence-electron chi connectivity index (χ2n) is 3.36. The SMILES string of the molecule is CCCS(=O)(=O)N1CCOC(C)C1. The van der Waals surface area contributed by atoms with Crippen LogP contribution in [0.25, 0.3) is 0 Å². The lowest BCUT2D eigenvalue weighted by atomic mass is 10.3. The fraction of sp³-hybridized carbons (Fsp3) is 1.00. The molecule has 1 heterocycles. The molecule has 78 valence electrons. The van der Waals surface area contributed by atoms with E-state index in [2.05, 4.69) is 0 Å². The van der Waals surface area contributed by atoms with Gasteiger partial charge in [0.1, 0.15) is 0 Å². The van der Waals surface area contributed by atoms with Gasteiger partial charge in [0.15, 0.2) is 0 Å². The van der Waals surface area contributed by atoms with E-state index in [1.54, 1.807) is 0 Å². The van der Waals surface area contributed by atoms with Crippen molar-refractivity contribution in [3.63, 3.8) is 0 Å². The van der Waals surface area contributed by atoms with Gasteiger partial charge < -0.3 is 4.74 Å². The van der Waals surface area contributed by atoms with Crippen LogP contribution < -0.4 is 0 Å². The lowest BCUT2D eigenvalue weighted by Crippen LogP contribution is -2.45. The number of nitrogens with zero attached hydrogens (tertiary/aromatic N) is 1. The van der Waals surface area contributed by atoms with Gasteiger partial charge in [0.25, 0.3) is 0 Å². The Balaban J connectivity index is 2.60. The summed E-state index contributed by atoms with van der Waals surface area (Å²) in [6.07, 6.45) is 0.703. The number of morpholine rings is 1. The van der Waals surface area contributed by atoms with Crippen molar-refractivity contribution in [3.8, 4) is 0 Å². The van der Waals surface area contributed by atoms with Crippen molar-refractivity contribution >= 4 is 10.0 Å². The van der Waals surface area contributed by atoms with Crippen molar-refractivity contribution in [3.05, 3.63) is 0 Å². The molecular weight excluding hydrogens is 190 g/mol. The lowest BCUT2D eigenvalue weighted by molar-refractivity contribution is 0.0102. The first-order chi connectivity index (χ1) is 6.06. The van der Waals surface area contributed by atoms with Gasteiger partial charge >= 0.3 is 0 Å². The van der Waals surface area contributed by atoms with E-state index < -0.39 is 10.0 Å². The molecule has 0 aliphatic carbocycles. The molecule has 0 aromatic rings. The fourth-order valence-corrected chi connectivity index (χ4v) is 2.99. The average Bonchev–Trinajstić information content (AvgIpc) is 2.04. The first-order valence-corrected chi connectivity index (χ1v) is 6.26. The second kappa shape index (κ2) is 4.39. The van der Waals surface area contributed by atoms with E-state index in [-0.39, 0.29) is 11.9 Å². The molecule has 0 bridgehead atoms. The van der Waals surface area contributed by atoms with Crippen molar-refractivity contribution in [2.45, 2.75) is 26.4 Å². The summed E-state index contributed by atoms with van der Waals surface area (Å²) in [6, 6.07) is 0. The van der Waals surface area contributed by atoms with Gasteiger partial charge in [-0.3, -0.25) is 0 Å². The van der Waals surface area contributed by atoms with Crippen LogP contribution in [0.4, 0.5) is 0 Å². The van der Waals surface area contributed by atoms with Crippen LogP contribution in [0.15, 0.2) is 0 Å². The third-order valence-electron chi connectivity index (χ3n) is 2.06. The molecule has 0 spiro atoms. The van der Waals surface area contributed by atoms with Gasteiger partial charge in [-0.15, -0.1) is 0 Å². The first-order valence-electron chi connectivity index (χ1n) is 4.65. The molecule has 0 aromatic carbocycles. The van der Waals surface area contributed by atoms with Gasteiger partial charge in [-0.1, -0.05) is 6.92 Å². The summed E-state index contributed by atoms with van der Waals surface area (Å²) in [6.45, 7) is 5.30. The number of ether oxygens (including phenoxy) is 1. The van der Waals surface area contributed by atoms with Crippen LogP contribution in [0.1, 0.15) is 20.3 Å². The molecule has 1 aliphatic heterocycles. The summed E-state index contributed by atoms with van der Waals surface area (Å²) in [4.78, 5) is 0. The fourth-order valence-electron chi connectivity index (χ4n) is 1.43. The quantitative estimate of drug-likeness (QED) is 0.675. The Morgan fingerprint density at radius 2 is 2.23 bits per heavy atom. The average molecular weight is 207 g/mol. The highest BCUT2D eigenvalue weighted by Crippen LogP contribution is 2.10. The van der Waals surface area contributed by atoms with Crippen molar-refractivity contribution in [2.75, 3.05) is 25.4 Å². The van der Waals surface area contributed by atoms with E-state index in [9.17, 15) is 8.42 Å². The number of sulfonamides is 1. The molecule has 0 amide bonds. The summed E-state index contributed by atoms with van der Waals surface area (Å²) in [5.41, 5.74) is 0. The summed E-state index contributed by atoms with van der Waals surface area (Å²) < 4.78 is 30.0. The van der Waals surface area contributed by atoms with Crippen molar-refractivity contribution in [2.24, 2.45) is 0 Å². The minimum Gasteiger partial charge on any atom is -0.376 e. The smallest absolute Gasteiger partial charge is 0.214 e. The zero-order chi connectivity index (χ0) is 9.90. The first kappa shape index (κ1) is 10.9. The highest BCUT2D eigenvalue weighted by atomic mass is 32.2. The standard InChI is InChI=1S/C8H17NO3S/c1-3-6-13(10,11)9-4-5-12-8(2)7-9/h8H,3-7H2,1-2H3. The molecule has 5 heteroatoms. The number of hydrogen-bond donors (Lipinski definition) is 0. The minimum absolute atomic E-state index is 0.0281. The van der Waals surface area contributed by atoms with E-state index in [4.69, 9.17) is 4.74 Å². The topological polar surface area (TPSA) is 46.6 Å². The van der Waals surface area contributed by atoms with E-state index in [1.165, 1.54) is 4.31 Å². The van der Waals surface area contributed by atoms with Crippen LogP contribution in [0.2, 0.25) is 0 Å². The molecule has 0 saturated carbocycles. The molecule has 1 atom stereocenters. The summed E-state index contributed by atoms with van der Waals surface area (Å²) in [5.74, 6) is 0.250. The van der Waals surface area contributed by atoms with E-state index >= 15 is 0 Å². The maximum absolute atomic E-state index is 11.6. The molecule has 0 N–H and O–H groups in total. The Morgan fingerprint density at radius 3 is 2.77 bits per heavy atom. The maximum atomic E-state index is 11.6. The third kappa shape index (κ3) is 2.93. The minimum atomic E-state index is -3.01. The van der Waals surface area contributed by atoms with Crippen molar-refractivity contribution < 1.29 is 13.2 Å². The normalized spacial score (nSPS) is 26.2. The lowest BCUT2D eigenvalue weighted by Gasteiger charge is -2.30. The van der Waals surface area contributed by atoms with E-state index in [1.807, 2.05) is 13.8 Å². The number of rotatable bonds is 3. The Hall–Kier alpha value is -0.130. The molecule has 13 heavy (non-hydrogen) atoms. The molecular formula is C8H17NO3S. The summed E-state index contributed by atoms with van der Waals surface area (Å²) in [5, 5.41) is 0. The van der Waals surface area contributed by atoms with Gasteiger partial charge in [0, 0.05) is 13.1 Å². The van der Waals surface area contributed by atoms with Crippen LogP contribution in [0.5, 0.6) is 0 Å². The second-order valence-corrected chi connectivity index (χ2v) is 5.44. The van der Waals surface area contributed by atoms with Crippen LogP contribution >= 0.6 is 0 Å². The Bertz CT molecular complexity index is 250. The van der Waals surface area contributed by atoms with Crippen LogP contribution in [0.3, 0.4) is 0 Å². The summed E-state index contributed by atoms with van der Waals surface area (Å²) >= 11 is 0. The molecule has 1 unspecified atom stereocenters. The summed E-state index contributed by atoms with van der Waals surface area (Å²) in [7, 11) is -3.01. The van der Waals surface area contributed by atoms with E-state index in [0.717, 1.165) is 0 Å². The Labute approximate surface area is 79.9 Å². The van der Waals surface area contributed by atoms with Gasteiger partial charge in [-0.2, -0.15) is 4.31 Å². The van der Waals surface area contributed by atoms with Gasteiger partial charge in [0.2, 0.25) is 10.0 Å². The Morgan fingerprint density at radius 1 is 1.54 bits per heavy atom. The highest BCUT2D eigenvalue weighted by molar-refractivity contribution is 7.89. The van der Waals surface area contributed by atoms with Crippen molar-refractivity contribution in [1.29, 1.82) is 0 Å². The molecule has 4 nitrogen and oxygen atoms in total. The monoisotopic (exact) mass is 207 g/mol. The predicted molar refractivity (Wildman–Crippen MR) is 51.1 cm³/mol. The van der Waals surface area contributed by atoms with Crippen LogP contribution in [-0.2, 0) is 14.8 Å².